The minimum absolute atomic E-state index is 0.0649. The molecule has 0 saturated carbocycles. The van der Waals surface area contributed by atoms with Crippen LogP contribution in [0.2, 0.25) is 0 Å². The molecule has 0 atom stereocenters. The van der Waals surface area contributed by atoms with Crippen LogP contribution in [0.25, 0.3) is 5.82 Å². The molecule has 1 fully saturated rings. The van der Waals surface area contributed by atoms with Crippen molar-refractivity contribution in [2.75, 3.05) is 36.4 Å². The molecule has 150 valence electrons. The fraction of sp³-hybridized carbons (Fsp3) is 0.333. The summed E-state index contributed by atoms with van der Waals surface area (Å²) in [6, 6.07) is 13.6. The van der Waals surface area contributed by atoms with Gasteiger partial charge in [-0.2, -0.15) is 5.10 Å². The second-order valence-corrected chi connectivity index (χ2v) is 7.31. The van der Waals surface area contributed by atoms with Gasteiger partial charge >= 0.3 is 6.03 Å². The molecule has 1 aliphatic rings. The highest BCUT2D eigenvalue weighted by molar-refractivity contribution is 5.90. The maximum absolute atomic E-state index is 12.6. The molecular weight excluding hydrogens is 366 g/mol. The highest BCUT2D eigenvalue weighted by atomic mass is 16.2. The molecule has 2 aromatic heterocycles. The van der Waals surface area contributed by atoms with E-state index in [2.05, 4.69) is 25.5 Å². The summed E-state index contributed by atoms with van der Waals surface area (Å²) in [5.41, 5.74) is 3.88. The summed E-state index contributed by atoms with van der Waals surface area (Å²) in [5.74, 6) is 1.52. The smallest absolute Gasteiger partial charge is 0.321 e. The molecule has 29 heavy (non-hydrogen) atoms. The van der Waals surface area contributed by atoms with E-state index in [0.717, 1.165) is 41.5 Å². The Hall–Kier alpha value is -3.42. The van der Waals surface area contributed by atoms with Gasteiger partial charge in [0.1, 0.15) is 0 Å². The first-order valence-electron chi connectivity index (χ1n) is 9.75. The van der Waals surface area contributed by atoms with Crippen molar-refractivity contribution in [2.24, 2.45) is 0 Å². The Morgan fingerprint density at radius 2 is 1.62 bits per heavy atom. The number of aromatic nitrogens is 4. The molecule has 4 rings (SSSR count). The molecule has 1 aliphatic heterocycles. The summed E-state index contributed by atoms with van der Waals surface area (Å²) in [4.78, 5) is 16.5. The van der Waals surface area contributed by atoms with Crippen molar-refractivity contribution in [1.29, 1.82) is 0 Å². The van der Waals surface area contributed by atoms with Gasteiger partial charge in [0.05, 0.1) is 5.69 Å². The van der Waals surface area contributed by atoms with Gasteiger partial charge in [-0.15, -0.1) is 10.2 Å². The number of urea groups is 1. The van der Waals surface area contributed by atoms with Crippen LogP contribution in [-0.2, 0) is 0 Å². The number of nitrogens with zero attached hydrogens (tertiary/aromatic N) is 6. The van der Waals surface area contributed by atoms with E-state index < -0.39 is 0 Å². The second-order valence-electron chi connectivity index (χ2n) is 7.31. The Balaban J connectivity index is 1.36. The van der Waals surface area contributed by atoms with Crippen molar-refractivity contribution in [3.63, 3.8) is 0 Å². The van der Waals surface area contributed by atoms with Gasteiger partial charge in [0.2, 0.25) is 0 Å². The number of piperazine rings is 1. The summed E-state index contributed by atoms with van der Waals surface area (Å²) in [6.07, 6.45) is 0. The lowest BCUT2D eigenvalue weighted by atomic mass is 10.2. The Morgan fingerprint density at radius 1 is 0.931 bits per heavy atom. The minimum Gasteiger partial charge on any atom is -0.352 e. The van der Waals surface area contributed by atoms with Crippen molar-refractivity contribution in [2.45, 2.75) is 20.8 Å². The molecule has 0 radical (unpaired) electrons. The van der Waals surface area contributed by atoms with Crippen molar-refractivity contribution in [1.82, 2.24) is 24.9 Å². The number of nitrogens with one attached hydrogen (secondary N) is 1. The van der Waals surface area contributed by atoms with E-state index in [9.17, 15) is 4.79 Å². The van der Waals surface area contributed by atoms with Gasteiger partial charge in [-0.05, 0) is 50.6 Å². The third-order valence-electron chi connectivity index (χ3n) is 5.14. The lowest BCUT2D eigenvalue weighted by Gasteiger charge is -2.35. The van der Waals surface area contributed by atoms with Crippen LogP contribution < -0.4 is 10.2 Å². The highest BCUT2D eigenvalue weighted by Gasteiger charge is 2.22. The number of hydrogen-bond acceptors (Lipinski definition) is 5. The van der Waals surface area contributed by atoms with Crippen molar-refractivity contribution in [3.8, 4) is 5.82 Å². The van der Waals surface area contributed by atoms with E-state index in [1.165, 1.54) is 0 Å². The maximum Gasteiger partial charge on any atom is 0.321 e. The summed E-state index contributed by atoms with van der Waals surface area (Å²) in [7, 11) is 0. The number of rotatable bonds is 3. The molecule has 1 N–H and O–H groups in total. The van der Waals surface area contributed by atoms with Crippen LogP contribution in [0.15, 0.2) is 42.5 Å². The molecule has 0 unspecified atom stereocenters. The van der Waals surface area contributed by atoms with Crippen molar-refractivity contribution < 1.29 is 4.79 Å². The van der Waals surface area contributed by atoms with E-state index >= 15 is 0 Å². The molecule has 8 nitrogen and oxygen atoms in total. The largest absolute Gasteiger partial charge is 0.352 e. The summed E-state index contributed by atoms with van der Waals surface area (Å²) < 4.78 is 1.79. The van der Waals surface area contributed by atoms with Crippen LogP contribution in [0, 0.1) is 20.8 Å². The van der Waals surface area contributed by atoms with E-state index in [0.29, 0.717) is 18.9 Å². The molecule has 3 heterocycles. The molecule has 2 amide bonds. The van der Waals surface area contributed by atoms with E-state index in [4.69, 9.17) is 0 Å². The zero-order valence-corrected chi connectivity index (χ0v) is 17.0. The quantitative estimate of drug-likeness (QED) is 0.743. The number of amides is 2. The second kappa shape index (κ2) is 7.90. The van der Waals surface area contributed by atoms with Gasteiger partial charge < -0.3 is 15.1 Å². The lowest BCUT2D eigenvalue weighted by Crippen LogP contribution is -2.50. The van der Waals surface area contributed by atoms with Crippen LogP contribution >= 0.6 is 0 Å². The summed E-state index contributed by atoms with van der Waals surface area (Å²) in [5, 5.41) is 16.1. The van der Waals surface area contributed by atoms with E-state index in [-0.39, 0.29) is 6.03 Å². The predicted octanol–water partition coefficient (Wildman–Crippen LogP) is 2.94. The minimum atomic E-state index is -0.0649. The Kier molecular flexibility index (Phi) is 5.16. The van der Waals surface area contributed by atoms with Crippen LogP contribution in [0.1, 0.15) is 17.0 Å². The lowest BCUT2D eigenvalue weighted by molar-refractivity contribution is 0.208. The van der Waals surface area contributed by atoms with Gasteiger partial charge in [-0.3, -0.25) is 0 Å². The van der Waals surface area contributed by atoms with Crippen LogP contribution in [-0.4, -0.2) is 57.1 Å². The van der Waals surface area contributed by atoms with Crippen molar-refractivity contribution >= 4 is 17.5 Å². The average Bonchev–Trinajstić information content (AvgIpc) is 3.08. The molecule has 0 spiro atoms. The first kappa shape index (κ1) is 18.9. The fourth-order valence-electron chi connectivity index (χ4n) is 3.51. The van der Waals surface area contributed by atoms with Gasteiger partial charge in [-0.25, -0.2) is 9.48 Å². The number of para-hydroxylation sites is 1. The highest BCUT2D eigenvalue weighted by Crippen LogP contribution is 2.17. The first-order chi connectivity index (χ1) is 14.0. The topological polar surface area (TPSA) is 79.2 Å². The number of aryl methyl sites for hydroxylation is 3. The summed E-state index contributed by atoms with van der Waals surface area (Å²) >= 11 is 0. The van der Waals surface area contributed by atoms with Gasteiger partial charge in [-0.1, -0.05) is 18.2 Å². The number of carbonyl (C=O) groups is 1. The third kappa shape index (κ3) is 4.06. The van der Waals surface area contributed by atoms with E-state index in [1.807, 2.05) is 68.1 Å². The SMILES string of the molecule is Cc1cc(C)n(-c2ccc(N3CCN(C(=O)Nc4ccccc4C)CC3)nn2)n1. The maximum atomic E-state index is 12.6. The Bertz CT molecular complexity index is 1000. The third-order valence-corrected chi connectivity index (χ3v) is 5.14. The normalized spacial score (nSPS) is 14.2. The van der Waals surface area contributed by atoms with Crippen LogP contribution in [0.4, 0.5) is 16.3 Å². The first-order valence-corrected chi connectivity index (χ1v) is 9.75. The zero-order chi connectivity index (χ0) is 20.4. The molecule has 0 aliphatic carbocycles. The van der Waals surface area contributed by atoms with Crippen LogP contribution in [0.3, 0.4) is 0 Å². The van der Waals surface area contributed by atoms with Gasteiger partial charge in [0, 0.05) is 37.6 Å². The van der Waals surface area contributed by atoms with E-state index in [1.54, 1.807) is 4.68 Å². The van der Waals surface area contributed by atoms with Crippen molar-refractivity contribution in [3.05, 3.63) is 59.4 Å². The zero-order valence-electron chi connectivity index (χ0n) is 17.0. The number of anilines is 2. The molecule has 0 bridgehead atoms. The monoisotopic (exact) mass is 391 g/mol. The van der Waals surface area contributed by atoms with Gasteiger partial charge in [0.25, 0.3) is 0 Å². The number of carbonyl (C=O) groups excluding carboxylic acids is 1. The predicted molar refractivity (Wildman–Crippen MR) is 113 cm³/mol. The Labute approximate surface area is 170 Å². The average molecular weight is 391 g/mol. The Morgan fingerprint density at radius 3 is 2.24 bits per heavy atom. The molecular formula is C21H25N7O. The van der Waals surface area contributed by atoms with Crippen LogP contribution in [0.5, 0.6) is 0 Å². The number of hydrogen-bond donors (Lipinski definition) is 1. The molecule has 1 saturated heterocycles. The molecule has 3 aromatic rings. The molecule has 8 heteroatoms. The standard InChI is InChI=1S/C21H25N7O/c1-15-6-4-5-7-18(15)22-21(29)27-12-10-26(11-13-27)19-8-9-20(24-23-19)28-17(3)14-16(2)25-28/h4-9,14H,10-13H2,1-3H3,(H,22,29). The van der Waals surface area contributed by atoms with Gasteiger partial charge in [0.15, 0.2) is 11.6 Å². The number of benzene rings is 1. The molecule has 1 aromatic carbocycles. The fourth-order valence-corrected chi connectivity index (χ4v) is 3.51. The summed E-state index contributed by atoms with van der Waals surface area (Å²) in [6.45, 7) is 8.65.